The quantitative estimate of drug-likeness (QED) is 0.596. The van der Waals surface area contributed by atoms with E-state index in [1.165, 1.54) is 0 Å². The molecule has 0 spiro atoms. The van der Waals surface area contributed by atoms with Crippen LogP contribution in [0.1, 0.15) is 24.1 Å². The molecule has 0 unspecified atom stereocenters. The summed E-state index contributed by atoms with van der Waals surface area (Å²) >= 11 is 0. The highest BCUT2D eigenvalue weighted by Gasteiger charge is 2.34. The first-order valence-electron chi connectivity index (χ1n) is 6.15. The van der Waals surface area contributed by atoms with Gasteiger partial charge in [0.2, 0.25) is 0 Å². The molecule has 22 heavy (non-hydrogen) atoms. The molecular formula is C13H12F3N3O3. The van der Waals surface area contributed by atoms with Gasteiger partial charge in [0, 0.05) is 5.69 Å². The molecule has 0 fully saturated rings. The Balaban J connectivity index is 2.08. The highest BCUT2D eigenvalue weighted by Crippen LogP contribution is 2.30. The lowest BCUT2D eigenvalue weighted by Crippen LogP contribution is -2.24. The van der Waals surface area contributed by atoms with E-state index in [-0.39, 0.29) is 6.01 Å². The lowest BCUT2D eigenvalue weighted by Gasteiger charge is -2.10. The molecule has 118 valence electrons. The van der Waals surface area contributed by atoms with Gasteiger partial charge in [-0.25, -0.2) is 5.48 Å². The predicted octanol–water partition coefficient (Wildman–Crippen LogP) is 3.05. The van der Waals surface area contributed by atoms with E-state index >= 15 is 0 Å². The lowest BCUT2D eigenvalue weighted by atomic mass is 10.0. The van der Waals surface area contributed by atoms with Crippen molar-refractivity contribution in [2.45, 2.75) is 19.0 Å². The number of anilines is 2. The maximum absolute atomic E-state index is 12.4. The summed E-state index contributed by atoms with van der Waals surface area (Å²) in [6.07, 6.45) is -4.05. The van der Waals surface area contributed by atoms with Gasteiger partial charge in [-0.15, -0.1) is 0 Å². The molecule has 1 amide bonds. The zero-order valence-corrected chi connectivity index (χ0v) is 11.3. The third kappa shape index (κ3) is 3.55. The Morgan fingerprint density at radius 1 is 1.32 bits per heavy atom. The van der Waals surface area contributed by atoms with Crippen LogP contribution in [0.15, 0.2) is 34.9 Å². The van der Waals surface area contributed by atoms with E-state index in [4.69, 9.17) is 5.21 Å². The summed E-state index contributed by atoms with van der Waals surface area (Å²) in [6, 6.07) is 5.99. The second kappa shape index (κ2) is 6.06. The third-order valence-electron chi connectivity index (χ3n) is 2.96. The van der Waals surface area contributed by atoms with E-state index < -0.39 is 23.7 Å². The van der Waals surface area contributed by atoms with E-state index in [0.29, 0.717) is 17.5 Å². The number of hydrogen-bond donors (Lipinski definition) is 3. The van der Waals surface area contributed by atoms with Crippen LogP contribution in [0.3, 0.4) is 0 Å². The first kappa shape index (κ1) is 15.8. The van der Waals surface area contributed by atoms with Gasteiger partial charge in [-0.1, -0.05) is 12.1 Å². The molecule has 1 aromatic heterocycles. The van der Waals surface area contributed by atoms with Gasteiger partial charge >= 0.3 is 6.18 Å². The second-order valence-electron chi connectivity index (χ2n) is 4.48. The number of halogens is 3. The first-order chi connectivity index (χ1) is 10.3. The van der Waals surface area contributed by atoms with Gasteiger partial charge < -0.3 is 9.73 Å². The van der Waals surface area contributed by atoms with Crippen molar-refractivity contribution in [3.63, 3.8) is 0 Å². The van der Waals surface area contributed by atoms with Gasteiger partial charge in [-0.05, 0) is 24.6 Å². The monoisotopic (exact) mass is 315 g/mol. The minimum atomic E-state index is -4.57. The minimum absolute atomic E-state index is 0.291. The molecule has 2 rings (SSSR count). The van der Waals surface area contributed by atoms with Crippen molar-refractivity contribution in [1.82, 2.24) is 10.5 Å². The van der Waals surface area contributed by atoms with Crippen LogP contribution in [0.5, 0.6) is 0 Å². The van der Waals surface area contributed by atoms with Crippen molar-refractivity contribution in [1.29, 1.82) is 0 Å². The molecule has 0 bridgehead atoms. The van der Waals surface area contributed by atoms with Crippen molar-refractivity contribution in [2.75, 3.05) is 5.32 Å². The summed E-state index contributed by atoms with van der Waals surface area (Å²) < 4.78 is 41.8. The number of hydrogen-bond acceptors (Lipinski definition) is 5. The Bertz CT molecular complexity index is 653. The van der Waals surface area contributed by atoms with Gasteiger partial charge in [0.1, 0.15) is 6.26 Å². The summed E-state index contributed by atoms with van der Waals surface area (Å²) in [4.78, 5) is 14.6. The molecule has 2 aromatic rings. The number of oxazole rings is 1. The summed E-state index contributed by atoms with van der Waals surface area (Å²) in [6.45, 7) is 1.59. The van der Waals surface area contributed by atoms with Gasteiger partial charge in [-0.2, -0.15) is 18.2 Å². The van der Waals surface area contributed by atoms with Crippen LogP contribution in [0.4, 0.5) is 24.9 Å². The van der Waals surface area contributed by atoms with Gasteiger partial charge in [0.05, 0.1) is 5.92 Å². The van der Waals surface area contributed by atoms with Crippen LogP contribution in [0.25, 0.3) is 0 Å². The average molecular weight is 315 g/mol. The fraction of sp³-hybridized carbons (Fsp3) is 0.231. The molecular weight excluding hydrogens is 303 g/mol. The molecule has 0 aliphatic rings. The first-order valence-corrected chi connectivity index (χ1v) is 6.15. The Morgan fingerprint density at radius 3 is 2.45 bits per heavy atom. The molecule has 1 aromatic carbocycles. The molecule has 9 heteroatoms. The van der Waals surface area contributed by atoms with Crippen LogP contribution in [0.2, 0.25) is 0 Å². The lowest BCUT2D eigenvalue weighted by molar-refractivity contribution is -0.141. The number of aromatic nitrogens is 1. The summed E-state index contributed by atoms with van der Waals surface area (Å²) in [5.74, 6) is -1.14. The fourth-order valence-corrected chi connectivity index (χ4v) is 1.69. The normalized spacial score (nSPS) is 12.8. The van der Waals surface area contributed by atoms with Crippen molar-refractivity contribution in [3.8, 4) is 0 Å². The van der Waals surface area contributed by atoms with Crippen LogP contribution in [-0.4, -0.2) is 16.1 Å². The molecule has 0 saturated carbocycles. The van der Waals surface area contributed by atoms with Crippen molar-refractivity contribution >= 4 is 17.6 Å². The number of benzene rings is 1. The van der Waals surface area contributed by atoms with E-state index in [1.807, 2.05) is 0 Å². The van der Waals surface area contributed by atoms with E-state index in [0.717, 1.165) is 0 Å². The number of alkyl halides is 3. The van der Waals surface area contributed by atoms with Crippen molar-refractivity contribution in [3.05, 3.63) is 41.8 Å². The Hall–Kier alpha value is -2.55. The number of hydroxylamine groups is 1. The van der Waals surface area contributed by atoms with Gasteiger partial charge in [-0.3, -0.25) is 10.0 Å². The number of carbonyl (C=O) groups excluding carboxylic acids is 1. The summed E-state index contributed by atoms with van der Waals surface area (Å²) in [5, 5.41) is 11.1. The van der Waals surface area contributed by atoms with Crippen LogP contribution < -0.4 is 10.8 Å². The van der Waals surface area contributed by atoms with E-state index in [9.17, 15) is 18.0 Å². The predicted molar refractivity (Wildman–Crippen MR) is 69.6 cm³/mol. The maximum atomic E-state index is 12.4. The minimum Gasteiger partial charge on any atom is -0.431 e. The Morgan fingerprint density at radius 2 is 1.95 bits per heavy atom. The molecule has 0 radical (unpaired) electrons. The molecule has 0 aliphatic carbocycles. The second-order valence-corrected chi connectivity index (χ2v) is 4.48. The molecule has 0 saturated heterocycles. The number of nitrogens with zero attached hydrogens (tertiary/aromatic N) is 1. The van der Waals surface area contributed by atoms with Crippen molar-refractivity contribution in [2.24, 2.45) is 0 Å². The Labute approximate surface area is 122 Å². The SMILES string of the molecule is C[C@H](C(=O)NO)c1ccc(Nc2nc(C(F)(F)F)co2)cc1. The van der Waals surface area contributed by atoms with Crippen LogP contribution >= 0.6 is 0 Å². The summed E-state index contributed by atoms with van der Waals surface area (Å²) in [5.41, 5.74) is 1.49. The van der Waals surface area contributed by atoms with Crippen LogP contribution in [-0.2, 0) is 11.0 Å². The zero-order chi connectivity index (χ0) is 16.3. The molecule has 0 aliphatic heterocycles. The maximum Gasteiger partial charge on any atom is 0.436 e. The standard InChI is InChI=1S/C13H12F3N3O3/c1-7(11(20)19-21)8-2-4-9(5-3-8)17-12-18-10(6-22-12)13(14,15)16/h2-7,21H,1H3,(H,17,18)(H,19,20)/t7-/m0/s1. The van der Waals surface area contributed by atoms with Crippen molar-refractivity contribution < 1.29 is 27.6 Å². The zero-order valence-electron chi connectivity index (χ0n) is 11.3. The highest BCUT2D eigenvalue weighted by atomic mass is 19.4. The third-order valence-corrected chi connectivity index (χ3v) is 2.96. The number of nitrogens with one attached hydrogen (secondary N) is 2. The number of carbonyl (C=O) groups is 1. The fourth-order valence-electron chi connectivity index (χ4n) is 1.69. The average Bonchev–Trinajstić information content (AvgIpc) is 2.95. The van der Waals surface area contributed by atoms with E-state index in [1.54, 1.807) is 36.7 Å². The summed E-state index contributed by atoms with van der Waals surface area (Å²) in [7, 11) is 0. The van der Waals surface area contributed by atoms with Gasteiger partial charge in [0.15, 0.2) is 5.69 Å². The largest absolute Gasteiger partial charge is 0.436 e. The molecule has 1 heterocycles. The molecule has 6 nitrogen and oxygen atoms in total. The van der Waals surface area contributed by atoms with Gasteiger partial charge in [0.25, 0.3) is 11.9 Å². The van der Waals surface area contributed by atoms with E-state index in [2.05, 4.69) is 14.7 Å². The molecule has 3 N–H and O–H groups in total. The number of amides is 1. The highest BCUT2D eigenvalue weighted by molar-refractivity contribution is 5.82. The van der Waals surface area contributed by atoms with Crippen LogP contribution in [0, 0.1) is 0 Å². The topological polar surface area (TPSA) is 87.4 Å². The number of rotatable bonds is 4. The smallest absolute Gasteiger partial charge is 0.431 e. The Kier molecular flexibility index (Phi) is 4.36. The molecule has 1 atom stereocenters.